The number of ether oxygens (including phenoxy) is 2. The molecule has 5 heteroatoms. The smallest absolute Gasteiger partial charge is 0.235 e. The molecule has 0 spiro atoms. The van der Waals surface area contributed by atoms with Gasteiger partial charge in [-0.25, -0.2) is 9.18 Å². The number of isocyanates is 1. The maximum absolute atomic E-state index is 14.2. The van der Waals surface area contributed by atoms with Crippen LogP contribution in [0.4, 0.5) is 4.39 Å². The van der Waals surface area contributed by atoms with E-state index in [1.54, 1.807) is 6.08 Å². The van der Waals surface area contributed by atoms with Gasteiger partial charge in [0.05, 0.1) is 19.8 Å². The van der Waals surface area contributed by atoms with Gasteiger partial charge >= 0.3 is 0 Å². The molecule has 0 N–H and O–H groups in total. The Balaban J connectivity index is 2.68. The Morgan fingerprint density at radius 2 is 1.85 bits per heavy atom. The monoisotopic (exact) mass is 279 g/mol. The molecule has 0 amide bonds. The molecule has 0 saturated heterocycles. The molecule has 108 valence electrons. The zero-order valence-electron chi connectivity index (χ0n) is 12.0. The Kier molecular flexibility index (Phi) is 4.09. The molecular formula is C15H18FNO3. The quantitative estimate of drug-likeness (QED) is 0.628. The first kappa shape index (κ1) is 14.5. The summed E-state index contributed by atoms with van der Waals surface area (Å²) in [6, 6.07) is 1.41. The van der Waals surface area contributed by atoms with E-state index in [0.29, 0.717) is 11.3 Å². The minimum absolute atomic E-state index is 0.0805. The van der Waals surface area contributed by atoms with Gasteiger partial charge < -0.3 is 9.47 Å². The normalized spacial score (nSPS) is 16.6. The van der Waals surface area contributed by atoms with Gasteiger partial charge in [0.1, 0.15) is 0 Å². The Morgan fingerprint density at radius 3 is 2.35 bits per heavy atom. The lowest BCUT2D eigenvalue weighted by Gasteiger charge is -2.26. The number of methoxy groups -OCH3 is 2. The van der Waals surface area contributed by atoms with E-state index in [-0.39, 0.29) is 5.75 Å². The van der Waals surface area contributed by atoms with E-state index in [0.717, 1.165) is 31.2 Å². The Bertz CT molecular complexity index is 559. The second kappa shape index (κ2) is 5.63. The number of halogens is 1. The highest BCUT2D eigenvalue weighted by atomic mass is 19.1. The van der Waals surface area contributed by atoms with Gasteiger partial charge in [0.25, 0.3) is 0 Å². The molecule has 4 nitrogen and oxygen atoms in total. The number of aliphatic imine (C=N–C) groups is 1. The van der Waals surface area contributed by atoms with Gasteiger partial charge in [0.15, 0.2) is 17.3 Å². The van der Waals surface area contributed by atoms with E-state index in [9.17, 15) is 9.18 Å². The van der Waals surface area contributed by atoms with Crippen molar-refractivity contribution in [2.75, 3.05) is 14.2 Å². The van der Waals surface area contributed by atoms with Crippen LogP contribution in [0.5, 0.6) is 11.5 Å². The number of nitrogens with zero attached hydrogens (tertiary/aromatic N) is 1. The van der Waals surface area contributed by atoms with E-state index < -0.39 is 11.4 Å². The third kappa shape index (κ3) is 2.18. The second-order valence-electron chi connectivity index (χ2n) is 5.04. The third-order valence-electron chi connectivity index (χ3n) is 4.04. The zero-order valence-corrected chi connectivity index (χ0v) is 12.0. The maximum atomic E-state index is 14.2. The average molecular weight is 279 g/mol. The van der Waals surface area contributed by atoms with Gasteiger partial charge in [-0.1, -0.05) is 12.8 Å². The molecule has 1 aromatic carbocycles. The molecule has 0 aromatic heterocycles. The molecule has 0 atom stereocenters. The van der Waals surface area contributed by atoms with Crippen LogP contribution in [0.15, 0.2) is 11.1 Å². The fourth-order valence-corrected chi connectivity index (χ4v) is 3.11. The van der Waals surface area contributed by atoms with Crippen LogP contribution in [-0.4, -0.2) is 20.3 Å². The van der Waals surface area contributed by atoms with Gasteiger partial charge in [-0.15, -0.1) is 0 Å². The van der Waals surface area contributed by atoms with E-state index in [2.05, 4.69) is 4.99 Å². The van der Waals surface area contributed by atoms with Gasteiger partial charge in [0.2, 0.25) is 6.08 Å². The van der Waals surface area contributed by atoms with Gasteiger partial charge in [-0.05, 0) is 31.4 Å². The summed E-state index contributed by atoms with van der Waals surface area (Å²) in [7, 11) is 2.87. The lowest BCUT2D eigenvalue weighted by Crippen LogP contribution is -2.21. The molecule has 1 saturated carbocycles. The van der Waals surface area contributed by atoms with Crippen molar-refractivity contribution in [1.82, 2.24) is 0 Å². The Labute approximate surface area is 117 Å². The lowest BCUT2D eigenvalue weighted by molar-refractivity contribution is 0.331. The van der Waals surface area contributed by atoms with Gasteiger partial charge in [-0.3, -0.25) is 0 Å². The van der Waals surface area contributed by atoms with Crippen LogP contribution < -0.4 is 9.47 Å². The highest BCUT2D eigenvalue weighted by Crippen LogP contribution is 2.47. The van der Waals surface area contributed by atoms with Crippen molar-refractivity contribution in [2.24, 2.45) is 4.99 Å². The summed E-state index contributed by atoms with van der Waals surface area (Å²) >= 11 is 0. The minimum Gasteiger partial charge on any atom is -0.492 e. The number of hydrogen-bond acceptors (Lipinski definition) is 4. The molecule has 1 aliphatic carbocycles. The van der Waals surface area contributed by atoms with Crippen LogP contribution in [0.1, 0.15) is 36.8 Å². The summed E-state index contributed by atoms with van der Waals surface area (Å²) in [5, 5.41) is 0. The van der Waals surface area contributed by atoms with E-state index >= 15 is 0 Å². The second-order valence-corrected chi connectivity index (χ2v) is 5.04. The fraction of sp³-hybridized carbons (Fsp3) is 0.533. The van der Waals surface area contributed by atoms with Crippen molar-refractivity contribution < 1.29 is 18.7 Å². The van der Waals surface area contributed by atoms with Crippen LogP contribution in [0.25, 0.3) is 0 Å². The Morgan fingerprint density at radius 1 is 1.25 bits per heavy atom. The summed E-state index contributed by atoms with van der Waals surface area (Å²) in [4.78, 5) is 14.8. The van der Waals surface area contributed by atoms with Gasteiger partial charge in [-0.2, -0.15) is 4.99 Å². The summed E-state index contributed by atoms with van der Waals surface area (Å²) in [6.45, 7) is 1.83. The molecule has 2 rings (SSSR count). The van der Waals surface area contributed by atoms with Crippen molar-refractivity contribution >= 4 is 6.08 Å². The van der Waals surface area contributed by atoms with E-state index in [4.69, 9.17) is 9.47 Å². The maximum Gasteiger partial charge on any atom is 0.235 e. The number of rotatable bonds is 4. The summed E-state index contributed by atoms with van der Waals surface area (Å²) in [6.07, 6.45) is 5.00. The first-order valence-corrected chi connectivity index (χ1v) is 6.60. The molecule has 0 bridgehead atoms. The molecule has 0 heterocycles. The number of benzene rings is 1. The molecule has 1 aliphatic rings. The SMILES string of the molecule is COc1c(F)cc(C2(N=C=O)CCCC2)c(C)c1OC. The number of carbonyl (C=O) groups excluding carboxylic acids is 1. The molecule has 1 aromatic rings. The standard InChI is InChI=1S/C15H18FNO3/c1-10-11(15(17-9-18)6-4-5-7-15)8-12(16)14(20-3)13(10)19-2/h8H,4-7H2,1-3H3. The number of hydrogen-bond donors (Lipinski definition) is 0. The molecule has 0 aliphatic heterocycles. The molecular weight excluding hydrogens is 261 g/mol. The Hall–Kier alpha value is -1.87. The summed E-state index contributed by atoms with van der Waals surface area (Å²) in [5.74, 6) is -0.0656. The highest BCUT2D eigenvalue weighted by molar-refractivity contribution is 5.54. The van der Waals surface area contributed by atoms with Crippen LogP contribution in [0, 0.1) is 12.7 Å². The highest BCUT2D eigenvalue weighted by Gasteiger charge is 2.38. The molecule has 0 unspecified atom stereocenters. The summed E-state index contributed by atoms with van der Waals surface area (Å²) in [5.41, 5.74) is 0.770. The first-order valence-electron chi connectivity index (χ1n) is 6.60. The van der Waals surface area contributed by atoms with Crippen molar-refractivity contribution in [3.8, 4) is 11.5 Å². The lowest BCUT2D eigenvalue weighted by atomic mass is 9.85. The van der Waals surface area contributed by atoms with Crippen molar-refractivity contribution in [1.29, 1.82) is 0 Å². The predicted octanol–water partition coefficient (Wildman–Crippen LogP) is 3.26. The van der Waals surface area contributed by atoms with Crippen molar-refractivity contribution in [3.05, 3.63) is 23.0 Å². The predicted molar refractivity (Wildman–Crippen MR) is 72.5 cm³/mol. The minimum atomic E-state index is -0.674. The van der Waals surface area contributed by atoms with Crippen LogP contribution in [0.2, 0.25) is 0 Å². The molecule has 1 fully saturated rings. The van der Waals surface area contributed by atoms with E-state index in [1.165, 1.54) is 20.3 Å². The average Bonchev–Trinajstić information content (AvgIpc) is 2.90. The largest absolute Gasteiger partial charge is 0.492 e. The van der Waals surface area contributed by atoms with Gasteiger partial charge in [0, 0.05) is 5.56 Å². The molecule has 20 heavy (non-hydrogen) atoms. The first-order chi connectivity index (χ1) is 9.59. The molecule has 0 radical (unpaired) electrons. The van der Waals surface area contributed by atoms with Crippen molar-refractivity contribution in [2.45, 2.75) is 38.1 Å². The third-order valence-corrected chi connectivity index (χ3v) is 4.04. The fourth-order valence-electron chi connectivity index (χ4n) is 3.11. The van der Waals surface area contributed by atoms with E-state index in [1.807, 2.05) is 6.92 Å². The van der Waals surface area contributed by atoms with Crippen molar-refractivity contribution in [3.63, 3.8) is 0 Å². The topological polar surface area (TPSA) is 47.9 Å². The van der Waals surface area contributed by atoms with Crippen LogP contribution in [-0.2, 0) is 10.3 Å². The summed E-state index contributed by atoms with van der Waals surface area (Å²) < 4.78 is 24.5. The van der Waals surface area contributed by atoms with Crippen LogP contribution in [0.3, 0.4) is 0 Å². The zero-order chi connectivity index (χ0) is 14.8. The van der Waals surface area contributed by atoms with Crippen LogP contribution >= 0.6 is 0 Å².